The van der Waals surface area contributed by atoms with Crippen molar-refractivity contribution in [1.82, 2.24) is 25.1 Å². The lowest BCUT2D eigenvalue weighted by Gasteiger charge is -2.09. The van der Waals surface area contributed by atoms with Crippen LogP contribution < -0.4 is 10.1 Å². The molecule has 0 spiro atoms. The van der Waals surface area contributed by atoms with Crippen LogP contribution in [0.25, 0.3) is 17.0 Å². The lowest BCUT2D eigenvalue weighted by Crippen LogP contribution is -2.28. The highest BCUT2D eigenvalue weighted by Gasteiger charge is 2.11. The van der Waals surface area contributed by atoms with Crippen molar-refractivity contribution in [2.75, 3.05) is 13.2 Å². The molecule has 0 fully saturated rings. The Kier molecular flexibility index (Phi) is 5.38. The third-order valence-electron chi connectivity index (χ3n) is 4.44. The van der Waals surface area contributed by atoms with Crippen molar-refractivity contribution in [3.05, 3.63) is 77.1 Å². The second-order valence-electron chi connectivity index (χ2n) is 6.96. The zero-order valence-electron chi connectivity index (χ0n) is 16.6. The van der Waals surface area contributed by atoms with Crippen LogP contribution in [0.5, 0.6) is 5.88 Å². The zero-order valence-corrected chi connectivity index (χ0v) is 16.6. The fourth-order valence-corrected chi connectivity index (χ4v) is 3.18. The van der Waals surface area contributed by atoms with Crippen molar-refractivity contribution in [2.24, 2.45) is 0 Å². The summed E-state index contributed by atoms with van der Waals surface area (Å²) in [5.41, 5.74) is 3.78. The molecule has 0 saturated heterocycles. The number of hydrogen-bond acceptors (Lipinski definition) is 5. The van der Waals surface area contributed by atoms with Crippen LogP contribution >= 0.6 is 0 Å². The number of fused-ring (bicyclic) bond motifs is 1. The van der Waals surface area contributed by atoms with Gasteiger partial charge in [-0.15, -0.1) is 15.3 Å². The maximum absolute atomic E-state index is 13.5. The highest BCUT2D eigenvalue weighted by molar-refractivity contribution is 5.94. The van der Waals surface area contributed by atoms with Gasteiger partial charge in [0.05, 0.1) is 6.54 Å². The lowest BCUT2D eigenvalue weighted by molar-refractivity contribution is 0.0946. The summed E-state index contributed by atoms with van der Waals surface area (Å²) >= 11 is 0. The van der Waals surface area contributed by atoms with Crippen molar-refractivity contribution in [3.8, 4) is 17.3 Å². The Morgan fingerprint density at radius 1 is 1.07 bits per heavy atom. The predicted molar refractivity (Wildman–Crippen MR) is 110 cm³/mol. The molecule has 1 amide bonds. The molecule has 0 radical (unpaired) electrons. The van der Waals surface area contributed by atoms with E-state index in [1.54, 1.807) is 24.3 Å². The zero-order chi connectivity index (χ0) is 21.1. The van der Waals surface area contributed by atoms with Crippen molar-refractivity contribution < 1.29 is 13.9 Å². The van der Waals surface area contributed by atoms with Crippen LogP contribution in [0.3, 0.4) is 0 Å². The topological polar surface area (TPSA) is 81.4 Å². The molecule has 0 atom stereocenters. The minimum absolute atomic E-state index is 0.152. The Morgan fingerprint density at radius 3 is 2.63 bits per heavy atom. The largest absolute Gasteiger partial charge is 0.475 e. The first-order valence-electron chi connectivity index (χ1n) is 9.47. The molecule has 0 aliphatic rings. The maximum Gasteiger partial charge on any atom is 0.251 e. The van der Waals surface area contributed by atoms with Gasteiger partial charge in [-0.25, -0.2) is 4.39 Å². The molecule has 152 valence electrons. The van der Waals surface area contributed by atoms with Crippen LogP contribution in [0.2, 0.25) is 0 Å². The van der Waals surface area contributed by atoms with Gasteiger partial charge in [0.1, 0.15) is 12.4 Å². The fourth-order valence-electron chi connectivity index (χ4n) is 3.18. The summed E-state index contributed by atoms with van der Waals surface area (Å²) in [4.78, 5) is 12.3. The summed E-state index contributed by atoms with van der Waals surface area (Å²) in [7, 11) is 0. The average molecular weight is 405 g/mol. The van der Waals surface area contributed by atoms with Crippen molar-refractivity contribution >= 4 is 11.6 Å². The standard InChI is InChI=1S/C22H20FN5O2/c1-14-10-15(2)12-17(11-14)22(29)24-8-9-30-20-7-6-19-25-26-21(28(19)27-20)16-4-3-5-18(23)13-16/h3-7,10-13H,8-9H2,1-2H3,(H,24,29). The van der Waals surface area contributed by atoms with E-state index in [2.05, 4.69) is 20.6 Å². The number of carbonyl (C=O) groups excluding carboxylic acids is 1. The van der Waals surface area contributed by atoms with Crippen molar-refractivity contribution in [1.29, 1.82) is 0 Å². The molecule has 4 aromatic rings. The normalized spacial score (nSPS) is 10.9. The van der Waals surface area contributed by atoms with Crippen molar-refractivity contribution in [3.63, 3.8) is 0 Å². The molecule has 30 heavy (non-hydrogen) atoms. The van der Waals surface area contributed by atoms with Crippen LogP contribution in [0.15, 0.2) is 54.6 Å². The number of ether oxygens (including phenoxy) is 1. The molecule has 1 N–H and O–H groups in total. The maximum atomic E-state index is 13.5. The molecule has 0 aliphatic heterocycles. The average Bonchev–Trinajstić information content (AvgIpc) is 3.13. The molecule has 2 heterocycles. The first kappa shape index (κ1) is 19.5. The number of nitrogens with zero attached hydrogens (tertiary/aromatic N) is 4. The molecule has 0 aliphatic carbocycles. The number of aryl methyl sites for hydroxylation is 2. The minimum atomic E-state index is -0.365. The van der Waals surface area contributed by atoms with Gasteiger partial charge in [-0.3, -0.25) is 4.79 Å². The Hall–Kier alpha value is -3.81. The van der Waals surface area contributed by atoms with Gasteiger partial charge < -0.3 is 10.1 Å². The second-order valence-corrected chi connectivity index (χ2v) is 6.96. The van der Waals surface area contributed by atoms with Crippen LogP contribution in [0, 0.1) is 19.7 Å². The number of benzene rings is 2. The summed E-state index contributed by atoms with van der Waals surface area (Å²) in [6, 6.07) is 15.2. The van der Waals surface area contributed by atoms with Crippen LogP contribution in [-0.4, -0.2) is 38.9 Å². The molecule has 2 aromatic carbocycles. The Morgan fingerprint density at radius 2 is 1.87 bits per heavy atom. The molecule has 4 rings (SSSR count). The second kappa shape index (κ2) is 8.28. The first-order valence-corrected chi connectivity index (χ1v) is 9.47. The van der Waals surface area contributed by atoms with Gasteiger partial charge in [-0.2, -0.15) is 4.52 Å². The summed E-state index contributed by atoms with van der Waals surface area (Å²) in [6.07, 6.45) is 0. The van der Waals surface area contributed by atoms with E-state index in [-0.39, 0.29) is 18.3 Å². The molecule has 8 heteroatoms. The predicted octanol–water partition coefficient (Wildman–Crippen LogP) is 3.36. The molecule has 7 nitrogen and oxygen atoms in total. The van der Waals surface area contributed by atoms with E-state index in [0.29, 0.717) is 35.0 Å². The quantitative estimate of drug-likeness (QED) is 0.498. The summed E-state index contributed by atoms with van der Waals surface area (Å²) < 4.78 is 20.7. The van der Waals surface area contributed by atoms with Crippen LogP contribution in [0.4, 0.5) is 4.39 Å². The SMILES string of the molecule is Cc1cc(C)cc(C(=O)NCCOc2ccc3nnc(-c4cccc(F)c4)n3n2)c1. The molecular weight excluding hydrogens is 385 g/mol. The highest BCUT2D eigenvalue weighted by atomic mass is 19.1. The number of rotatable bonds is 6. The van der Waals surface area contributed by atoms with E-state index >= 15 is 0 Å². The number of aromatic nitrogens is 4. The van der Waals surface area contributed by atoms with Gasteiger partial charge in [0.2, 0.25) is 5.88 Å². The lowest BCUT2D eigenvalue weighted by atomic mass is 10.1. The third-order valence-corrected chi connectivity index (χ3v) is 4.44. The molecule has 0 bridgehead atoms. The third kappa shape index (κ3) is 4.27. The summed E-state index contributed by atoms with van der Waals surface area (Å²) in [5.74, 6) is 0.246. The van der Waals surface area contributed by atoms with Crippen LogP contribution in [-0.2, 0) is 0 Å². The van der Waals surface area contributed by atoms with E-state index in [1.807, 2.05) is 32.0 Å². The number of hydrogen-bond donors (Lipinski definition) is 1. The Labute approximate surface area is 172 Å². The van der Waals surface area contributed by atoms with E-state index in [4.69, 9.17) is 4.74 Å². The fraction of sp³-hybridized carbons (Fsp3) is 0.182. The van der Waals surface area contributed by atoms with E-state index in [1.165, 1.54) is 16.6 Å². The van der Waals surface area contributed by atoms with Crippen LogP contribution in [0.1, 0.15) is 21.5 Å². The summed E-state index contributed by atoms with van der Waals surface area (Å²) in [6.45, 7) is 4.48. The Bertz CT molecular complexity index is 1200. The number of nitrogens with one attached hydrogen (secondary N) is 1. The van der Waals surface area contributed by atoms with E-state index in [9.17, 15) is 9.18 Å². The monoisotopic (exact) mass is 405 g/mol. The van der Waals surface area contributed by atoms with E-state index in [0.717, 1.165) is 11.1 Å². The van der Waals surface area contributed by atoms with Crippen molar-refractivity contribution in [2.45, 2.75) is 13.8 Å². The molecule has 0 unspecified atom stereocenters. The molecule has 0 saturated carbocycles. The van der Waals surface area contributed by atoms with Gasteiger partial charge in [0.15, 0.2) is 11.5 Å². The smallest absolute Gasteiger partial charge is 0.251 e. The molecule has 2 aromatic heterocycles. The number of halogens is 1. The number of carbonyl (C=O) groups is 1. The molecular formula is C22H20FN5O2. The van der Waals surface area contributed by atoms with Gasteiger partial charge in [-0.1, -0.05) is 29.3 Å². The van der Waals surface area contributed by atoms with Gasteiger partial charge >= 0.3 is 0 Å². The van der Waals surface area contributed by atoms with Gasteiger partial charge in [0.25, 0.3) is 5.91 Å². The highest BCUT2D eigenvalue weighted by Crippen LogP contribution is 2.19. The van der Waals surface area contributed by atoms with Gasteiger partial charge in [-0.05, 0) is 44.2 Å². The number of amides is 1. The van der Waals surface area contributed by atoms with E-state index < -0.39 is 0 Å². The minimum Gasteiger partial charge on any atom is -0.475 e. The Balaban J connectivity index is 1.41. The summed E-state index contributed by atoms with van der Waals surface area (Å²) in [5, 5.41) is 15.3. The first-order chi connectivity index (χ1) is 14.5. The van der Waals surface area contributed by atoms with Gasteiger partial charge in [0, 0.05) is 17.2 Å².